The topological polar surface area (TPSA) is 27.1 Å². The monoisotopic (exact) mass is 298 g/mol. The quantitative estimate of drug-likeness (QED) is 0.853. The Morgan fingerprint density at radius 2 is 1.95 bits per heavy atom. The maximum Gasteiger partial charge on any atom is 0.397 e. The number of ether oxygens (including phenoxy) is 1. The van der Waals surface area contributed by atoms with Crippen LogP contribution in [0.4, 0.5) is 13.2 Å². The van der Waals surface area contributed by atoms with E-state index < -0.39 is 11.6 Å². The van der Waals surface area contributed by atoms with Crippen molar-refractivity contribution in [3.63, 3.8) is 0 Å². The number of methoxy groups -OCH3 is 1. The number of hydrogen-bond donors (Lipinski definition) is 0. The first-order valence-corrected chi connectivity index (χ1v) is 6.45. The molecule has 0 saturated carbocycles. The molecule has 0 fully saturated rings. The van der Waals surface area contributed by atoms with E-state index in [2.05, 4.69) is 4.98 Å². The third-order valence-corrected chi connectivity index (χ3v) is 3.53. The van der Waals surface area contributed by atoms with E-state index in [1.807, 2.05) is 0 Å². The number of nitrogens with zero attached hydrogens (tertiary/aromatic N) is 2. The van der Waals surface area contributed by atoms with Crippen molar-refractivity contribution in [1.29, 1.82) is 0 Å². The lowest BCUT2D eigenvalue weighted by Gasteiger charge is -2.28. The minimum atomic E-state index is -4.31. The Morgan fingerprint density at radius 3 is 2.57 bits per heavy atom. The van der Waals surface area contributed by atoms with E-state index in [1.54, 1.807) is 36.2 Å². The standard InChI is InChI=1S/C15H17F3N2O/c1-14(2,15(16,17)18)12-6-4-5-11(9-12)13-19-7-8-20(13)10-21-3/h4-9H,10H2,1-3H3. The Kier molecular flexibility index (Phi) is 4.09. The van der Waals surface area contributed by atoms with Crippen LogP contribution < -0.4 is 0 Å². The average molecular weight is 298 g/mol. The fraction of sp³-hybridized carbons (Fsp3) is 0.400. The molecule has 0 radical (unpaired) electrons. The van der Waals surface area contributed by atoms with Crippen LogP contribution in [-0.4, -0.2) is 22.8 Å². The number of hydrogen-bond acceptors (Lipinski definition) is 2. The molecule has 0 N–H and O–H groups in total. The van der Waals surface area contributed by atoms with Gasteiger partial charge in [-0.1, -0.05) is 18.2 Å². The van der Waals surface area contributed by atoms with Crippen LogP contribution >= 0.6 is 0 Å². The van der Waals surface area contributed by atoms with Gasteiger partial charge in [0.15, 0.2) is 0 Å². The van der Waals surface area contributed by atoms with Crippen LogP contribution in [0.25, 0.3) is 11.4 Å². The molecule has 6 heteroatoms. The predicted molar refractivity (Wildman–Crippen MR) is 73.8 cm³/mol. The van der Waals surface area contributed by atoms with Crippen molar-refractivity contribution in [2.24, 2.45) is 0 Å². The lowest BCUT2D eigenvalue weighted by Crippen LogP contribution is -2.36. The first kappa shape index (κ1) is 15.6. The summed E-state index contributed by atoms with van der Waals surface area (Å²) in [6.45, 7) is 2.64. The summed E-state index contributed by atoms with van der Waals surface area (Å²) in [6.07, 6.45) is -0.996. The first-order valence-electron chi connectivity index (χ1n) is 6.45. The van der Waals surface area contributed by atoms with Gasteiger partial charge in [-0.15, -0.1) is 0 Å². The van der Waals surface area contributed by atoms with Crippen molar-refractivity contribution in [2.75, 3.05) is 7.11 Å². The van der Waals surface area contributed by atoms with Gasteiger partial charge in [-0.3, -0.25) is 0 Å². The smallest absolute Gasteiger partial charge is 0.364 e. The summed E-state index contributed by atoms with van der Waals surface area (Å²) in [7, 11) is 1.55. The fourth-order valence-electron chi connectivity index (χ4n) is 2.02. The summed E-state index contributed by atoms with van der Waals surface area (Å²) < 4.78 is 46.2. The second-order valence-corrected chi connectivity index (χ2v) is 5.34. The summed E-state index contributed by atoms with van der Waals surface area (Å²) in [5, 5.41) is 0. The molecule has 0 aliphatic rings. The van der Waals surface area contributed by atoms with Gasteiger partial charge in [-0.05, 0) is 25.5 Å². The van der Waals surface area contributed by atoms with Gasteiger partial charge in [-0.25, -0.2) is 4.98 Å². The molecule has 0 bridgehead atoms. The van der Waals surface area contributed by atoms with Crippen LogP contribution in [0.1, 0.15) is 19.4 Å². The minimum absolute atomic E-state index is 0.208. The minimum Gasteiger partial charge on any atom is -0.364 e. The van der Waals surface area contributed by atoms with Crippen LogP contribution in [0.15, 0.2) is 36.7 Å². The SMILES string of the molecule is COCn1ccnc1-c1cccc(C(C)(C)C(F)(F)F)c1. The molecule has 0 aliphatic heterocycles. The van der Waals surface area contributed by atoms with Gasteiger partial charge >= 0.3 is 6.18 Å². The second kappa shape index (κ2) is 5.52. The maximum absolute atomic E-state index is 13.2. The molecule has 1 aromatic heterocycles. The Bertz CT molecular complexity index is 617. The summed E-state index contributed by atoms with van der Waals surface area (Å²) in [4.78, 5) is 4.19. The van der Waals surface area contributed by atoms with E-state index in [1.165, 1.54) is 26.0 Å². The Hall–Kier alpha value is -1.82. The molecule has 1 aromatic carbocycles. The Balaban J connectivity index is 2.45. The van der Waals surface area contributed by atoms with E-state index in [0.29, 0.717) is 18.1 Å². The third kappa shape index (κ3) is 2.95. The number of halogens is 3. The van der Waals surface area contributed by atoms with Crippen molar-refractivity contribution in [3.8, 4) is 11.4 Å². The molecular formula is C15H17F3N2O. The highest BCUT2D eigenvalue weighted by molar-refractivity contribution is 5.57. The number of aromatic nitrogens is 2. The summed E-state index contributed by atoms with van der Waals surface area (Å²) in [6, 6.07) is 6.37. The molecular weight excluding hydrogens is 281 g/mol. The molecule has 21 heavy (non-hydrogen) atoms. The predicted octanol–water partition coefficient (Wildman–Crippen LogP) is 3.99. The van der Waals surface area contributed by atoms with Crippen LogP contribution in [0.5, 0.6) is 0 Å². The van der Waals surface area contributed by atoms with Crippen LogP contribution in [0.2, 0.25) is 0 Å². The number of benzene rings is 1. The summed E-state index contributed by atoms with van der Waals surface area (Å²) >= 11 is 0. The van der Waals surface area contributed by atoms with E-state index in [4.69, 9.17) is 4.74 Å². The molecule has 0 unspecified atom stereocenters. The molecule has 0 saturated heterocycles. The highest BCUT2D eigenvalue weighted by Crippen LogP contribution is 2.41. The lowest BCUT2D eigenvalue weighted by molar-refractivity contribution is -0.180. The molecule has 1 heterocycles. The molecule has 3 nitrogen and oxygen atoms in total. The van der Waals surface area contributed by atoms with Gasteiger partial charge in [0.2, 0.25) is 0 Å². The van der Waals surface area contributed by atoms with Gasteiger partial charge in [-0.2, -0.15) is 13.2 Å². The highest BCUT2D eigenvalue weighted by Gasteiger charge is 2.48. The van der Waals surface area contributed by atoms with E-state index in [-0.39, 0.29) is 5.56 Å². The number of imidazole rings is 1. The molecule has 0 spiro atoms. The average Bonchev–Trinajstić information content (AvgIpc) is 2.86. The summed E-state index contributed by atoms with van der Waals surface area (Å²) in [5.74, 6) is 0.580. The van der Waals surface area contributed by atoms with Crippen molar-refractivity contribution in [1.82, 2.24) is 9.55 Å². The van der Waals surface area contributed by atoms with E-state index >= 15 is 0 Å². The van der Waals surface area contributed by atoms with Gasteiger partial charge < -0.3 is 9.30 Å². The molecule has 0 atom stereocenters. The normalized spacial score (nSPS) is 12.7. The number of alkyl halides is 3. The molecule has 0 aliphatic carbocycles. The van der Waals surface area contributed by atoms with Crippen LogP contribution in [0.3, 0.4) is 0 Å². The van der Waals surface area contributed by atoms with Crippen molar-refractivity contribution >= 4 is 0 Å². The van der Waals surface area contributed by atoms with Gasteiger partial charge in [0.25, 0.3) is 0 Å². The third-order valence-electron chi connectivity index (χ3n) is 3.53. The maximum atomic E-state index is 13.2. The van der Waals surface area contributed by atoms with Gasteiger partial charge in [0.05, 0.1) is 5.41 Å². The van der Waals surface area contributed by atoms with Gasteiger partial charge in [0.1, 0.15) is 12.6 Å². The van der Waals surface area contributed by atoms with E-state index in [0.717, 1.165) is 0 Å². The molecule has 114 valence electrons. The zero-order valence-electron chi connectivity index (χ0n) is 12.1. The zero-order chi connectivity index (χ0) is 15.7. The largest absolute Gasteiger partial charge is 0.397 e. The lowest BCUT2D eigenvalue weighted by atomic mass is 9.83. The number of rotatable bonds is 4. The Morgan fingerprint density at radius 1 is 1.24 bits per heavy atom. The molecule has 2 rings (SSSR count). The second-order valence-electron chi connectivity index (χ2n) is 5.34. The summed E-state index contributed by atoms with van der Waals surface area (Å²) in [5.41, 5.74) is -1.08. The Labute approximate surface area is 121 Å². The molecule has 2 aromatic rings. The molecule has 0 amide bonds. The van der Waals surface area contributed by atoms with Gasteiger partial charge in [0, 0.05) is 25.1 Å². The van der Waals surface area contributed by atoms with Crippen molar-refractivity contribution in [3.05, 3.63) is 42.2 Å². The highest BCUT2D eigenvalue weighted by atomic mass is 19.4. The van der Waals surface area contributed by atoms with Crippen LogP contribution in [-0.2, 0) is 16.9 Å². The van der Waals surface area contributed by atoms with Crippen molar-refractivity contribution in [2.45, 2.75) is 32.2 Å². The fourth-order valence-corrected chi connectivity index (χ4v) is 2.02. The first-order chi connectivity index (χ1) is 9.77. The zero-order valence-corrected chi connectivity index (χ0v) is 12.1. The van der Waals surface area contributed by atoms with E-state index in [9.17, 15) is 13.2 Å². The van der Waals surface area contributed by atoms with Crippen LogP contribution in [0, 0.1) is 0 Å². The van der Waals surface area contributed by atoms with Crippen molar-refractivity contribution < 1.29 is 17.9 Å².